The molecule has 0 atom stereocenters. The predicted molar refractivity (Wildman–Crippen MR) is 123 cm³/mol. The fourth-order valence-electron chi connectivity index (χ4n) is 3.24. The number of carbonyl (C=O) groups excluding carboxylic acids is 2. The van der Waals surface area contributed by atoms with E-state index in [1.54, 1.807) is 24.3 Å². The lowest BCUT2D eigenvalue weighted by Gasteiger charge is -2.34. The van der Waals surface area contributed by atoms with Crippen LogP contribution in [0.2, 0.25) is 0 Å². The summed E-state index contributed by atoms with van der Waals surface area (Å²) in [7, 11) is -3.90. The Morgan fingerprint density at radius 3 is 2.06 bits per heavy atom. The molecule has 3 rings (SSSR count). The fourth-order valence-corrected chi connectivity index (χ4v) is 4.31. The molecule has 0 saturated carbocycles. The number of urea groups is 1. The standard InChI is InChI=1S/C22H27FN4O5S/c1-16(2)32-20-9-7-19(8-10-20)25-33(30,31)15-21(28)26-11-13-27(14-12-26)22(29)24-18-5-3-17(23)4-6-18/h3-10,16,25H,11-15H2,1-2H3,(H,24,29). The number of piperazine rings is 1. The number of nitrogens with zero attached hydrogens (tertiary/aromatic N) is 2. The molecule has 0 bridgehead atoms. The van der Waals surface area contributed by atoms with Gasteiger partial charge in [0.15, 0.2) is 0 Å². The Morgan fingerprint density at radius 1 is 0.939 bits per heavy atom. The van der Waals surface area contributed by atoms with Crippen LogP contribution in [0, 0.1) is 5.82 Å². The fraction of sp³-hybridized carbons (Fsp3) is 0.364. The maximum absolute atomic E-state index is 13.0. The minimum absolute atomic E-state index is 0.000354. The molecule has 33 heavy (non-hydrogen) atoms. The molecule has 1 saturated heterocycles. The Bertz CT molecular complexity index is 1070. The summed E-state index contributed by atoms with van der Waals surface area (Å²) in [6.45, 7) is 4.71. The molecular formula is C22H27FN4O5S. The molecule has 1 aliphatic heterocycles. The number of halogens is 1. The molecule has 2 N–H and O–H groups in total. The zero-order valence-corrected chi connectivity index (χ0v) is 19.3. The molecule has 1 aliphatic rings. The zero-order valence-electron chi connectivity index (χ0n) is 18.5. The van der Waals surface area contributed by atoms with Gasteiger partial charge in [-0.25, -0.2) is 17.6 Å². The minimum atomic E-state index is -3.90. The van der Waals surface area contributed by atoms with Gasteiger partial charge in [0.05, 0.1) is 6.10 Å². The van der Waals surface area contributed by atoms with E-state index in [9.17, 15) is 22.4 Å². The minimum Gasteiger partial charge on any atom is -0.491 e. The first kappa shape index (κ1) is 24.3. The number of sulfonamides is 1. The van der Waals surface area contributed by atoms with Crippen LogP contribution >= 0.6 is 0 Å². The maximum Gasteiger partial charge on any atom is 0.321 e. The van der Waals surface area contributed by atoms with E-state index in [-0.39, 0.29) is 38.3 Å². The molecule has 9 nitrogen and oxygen atoms in total. The lowest BCUT2D eigenvalue weighted by molar-refractivity contribution is -0.129. The highest BCUT2D eigenvalue weighted by Crippen LogP contribution is 2.18. The Morgan fingerprint density at radius 2 is 1.48 bits per heavy atom. The van der Waals surface area contributed by atoms with Gasteiger partial charge in [-0.1, -0.05) is 0 Å². The molecule has 1 heterocycles. The van der Waals surface area contributed by atoms with Crippen molar-refractivity contribution in [1.29, 1.82) is 0 Å². The van der Waals surface area contributed by atoms with E-state index in [0.717, 1.165) is 0 Å². The molecule has 3 amide bonds. The second-order valence-electron chi connectivity index (χ2n) is 7.86. The first-order valence-electron chi connectivity index (χ1n) is 10.5. The summed E-state index contributed by atoms with van der Waals surface area (Å²) in [4.78, 5) is 27.8. The van der Waals surface area contributed by atoms with E-state index in [1.165, 1.54) is 34.1 Å². The summed E-state index contributed by atoms with van der Waals surface area (Å²) in [5, 5.41) is 2.66. The molecule has 2 aromatic rings. The van der Waals surface area contributed by atoms with E-state index in [4.69, 9.17) is 4.74 Å². The van der Waals surface area contributed by atoms with Crippen molar-refractivity contribution >= 4 is 33.3 Å². The van der Waals surface area contributed by atoms with Gasteiger partial charge in [-0.3, -0.25) is 9.52 Å². The molecule has 2 aromatic carbocycles. The highest BCUT2D eigenvalue weighted by atomic mass is 32.2. The van der Waals surface area contributed by atoms with Crippen molar-refractivity contribution < 1.29 is 27.1 Å². The van der Waals surface area contributed by atoms with E-state index in [2.05, 4.69) is 10.0 Å². The van der Waals surface area contributed by atoms with Gasteiger partial charge in [-0.2, -0.15) is 0 Å². The van der Waals surface area contributed by atoms with Crippen LogP contribution in [0.4, 0.5) is 20.6 Å². The molecule has 0 aliphatic carbocycles. The lowest BCUT2D eigenvalue weighted by atomic mass is 10.3. The van der Waals surface area contributed by atoms with Crippen LogP contribution in [-0.2, 0) is 14.8 Å². The molecular weight excluding hydrogens is 451 g/mol. The average molecular weight is 479 g/mol. The third-order valence-electron chi connectivity index (χ3n) is 4.83. The van der Waals surface area contributed by atoms with Crippen molar-refractivity contribution in [3.8, 4) is 5.75 Å². The highest BCUT2D eigenvalue weighted by Gasteiger charge is 2.27. The van der Waals surface area contributed by atoms with Gasteiger partial charge in [0.1, 0.15) is 17.3 Å². The lowest BCUT2D eigenvalue weighted by Crippen LogP contribution is -2.52. The maximum atomic E-state index is 13.0. The van der Waals surface area contributed by atoms with Gasteiger partial charge < -0.3 is 19.9 Å². The Balaban J connectivity index is 1.47. The second-order valence-corrected chi connectivity index (χ2v) is 9.58. The number of anilines is 2. The summed E-state index contributed by atoms with van der Waals surface area (Å²) in [6, 6.07) is 11.5. The number of nitrogens with one attached hydrogen (secondary N) is 2. The van der Waals surface area contributed by atoms with Gasteiger partial charge >= 0.3 is 6.03 Å². The van der Waals surface area contributed by atoms with Crippen LogP contribution in [0.15, 0.2) is 48.5 Å². The monoisotopic (exact) mass is 478 g/mol. The summed E-state index contributed by atoms with van der Waals surface area (Å²) < 4.78 is 45.7. The first-order valence-corrected chi connectivity index (χ1v) is 12.1. The van der Waals surface area contributed by atoms with Gasteiger partial charge in [-0.05, 0) is 62.4 Å². The summed E-state index contributed by atoms with van der Waals surface area (Å²) in [6.07, 6.45) is -0.000354. The number of rotatable bonds is 7. The Labute approximate surface area is 192 Å². The summed E-state index contributed by atoms with van der Waals surface area (Å²) in [5.41, 5.74) is 0.794. The number of amides is 3. The van der Waals surface area contributed by atoms with Crippen LogP contribution in [0.25, 0.3) is 0 Å². The number of benzene rings is 2. The Kier molecular flexibility index (Phi) is 7.75. The van der Waals surface area contributed by atoms with Gasteiger partial charge in [0.2, 0.25) is 15.9 Å². The number of hydrogen-bond acceptors (Lipinski definition) is 5. The molecule has 11 heteroatoms. The number of ether oxygens (including phenoxy) is 1. The first-order chi connectivity index (χ1) is 15.6. The smallest absolute Gasteiger partial charge is 0.321 e. The van der Waals surface area contributed by atoms with Crippen molar-refractivity contribution in [2.45, 2.75) is 20.0 Å². The molecule has 0 unspecified atom stereocenters. The molecule has 1 fully saturated rings. The van der Waals surface area contributed by atoms with Crippen molar-refractivity contribution in [2.75, 3.05) is 42.0 Å². The highest BCUT2D eigenvalue weighted by molar-refractivity contribution is 7.93. The molecule has 0 aromatic heterocycles. The van der Waals surface area contributed by atoms with E-state index in [0.29, 0.717) is 17.1 Å². The van der Waals surface area contributed by atoms with Gasteiger partial charge in [0.25, 0.3) is 0 Å². The Hall–Kier alpha value is -3.34. The van der Waals surface area contributed by atoms with E-state index < -0.39 is 27.5 Å². The quantitative estimate of drug-likeness (QED) is 0.636. The second kappa shape index (κ2) is 10.5. The summed E-state index contributed by atoms with van der Waals surface area (Å²) >= 11 is 0. The van der Waals surface area contributed by atoms with E-state index in [1.807, 2.05) is 13.8 Å². The van der Waals surface area contributed by atoms with Crippen molar-refractivity contribution in [2.24, 2.45) is 0 Å². The zero-order chi connectivity index (χ0) is 24.0. The third-order valence-corrected chi connectivity index (χ3v) is 6.00. The van der Waals surface area contributed by atoms with Crippen molar-refractivity contribution in [1.82, 2.24) is 9.80 Å². The molecule has 178 valence electrons. The van der Waals surface area contributed by atoms with Crippen LogP contribution in [0.1, 0.15) is 13.8 Å². The van der Waals surface area contributed by atoms with Crippen LogP contribution < -0.4 is 14.8 Å². The van der Waals surface area contributed by atoms with Crippen LogP contribution in [-0.4, -0.2) is 68.2 Å². The summed E-state index contributed by atoms with van der Waals surface area (Å²) in [5.74, 6) is -1.02. The largest absolute Gasteiger partial charge is 0.491 e. The predicted octanol–water partition coefficient (Wildman–Crippen LogP) is 2.73. The third kappa shape index (κ3) is 7.35. The SMILES string of the molecule is CC(C)Oc1ccc(NS(=O)(=O)CC(=O)N2CCN(C(=O)Nc3ccc(F)cc3)CC2)cc1. The van der Waals surface area contributed by atoms with Crippen LogP contribution in [0.5, 0.6) is 5.75 Å². The van der Waals surface area contributed by atoms with Crippen molar-refractivity contribution in [3.05, 3.63) is 54.3 Å². The van der Waals surface area contributed by atoms with Crippen molar-refractivity contribution in [3.63, 3.8) is 0 Å². The number of hydrogen-bond donors (Lipinski definition) is 2. The van der Waals surface area contributed by atoms with Gasteiger partial charge in [-0.15, -0.1) is 0 Å². The molecule has 0 radical (unpaired) electrons. The van der Waals surface area contributed by atoms with Crippen LogP contribution in [0.3, 0.4) is 0 Å². The number of carbonyl (C=O) groups is 2. The molecule has 0 spiro atoms. The topological polar surface area (TPSA) is 108 Å². The van der Waals surface area contributed by atoms with E-state index >= 15 is 0 Å². The normalized spacial score (nSPS) is 14.2. The average Bonchev–Trinajstić information content (AvgIpc) is 2.76. The van der Waals surface area contributed by atoms with Gasteiger partial charge in [0, 0.05) is 37.6 Å².